The summed E-state index contributed by atoms with van der Waals surface area (Å²) >= 11 is 0. The topological polar surface area (TPSA) is 29.5 Å². The molecule has 1 saturated heterocycles. The van der Waals surface area contributed by atoms with Crippen LogP contribution in [0.4, 0.5) is 0 Å². The second-order valence-corrected chi connectivity index (χ2v) is 5.75. The minimum absolute atomic E-state index is 0.318. The van der Waals surface area contributed by atoms with E-state index in [4.69, 9.17) is 0 Å². The molecule has 1 heterocycles. The van der Waals surface area contributed by atoms with Crippen LogP contribution in [0.15, 0.2) is 0 Å². The molecular formula is C16H35NO2. The highest BCUT2D eigenvalue weighted by atomic mass is 16.5. The number of unbranched alkanes of at least 4 members (excludes halogenated alkanes) is 1. The van der Waals surface area contributed by atoms with Crippen LogP contribution in [0.1, 0.15) is 73.6 Å². The van der Waals surface area contributed by atoms with Gasteiger partial charge >= 0.3 is 0 Å². The van der Waals surface area contributed by atoms with Crippen molar-refractivity contribution in [2.45, 2.75) is 85.3 Å². The third kappa shape index (κ3) is 13.7. The lowest BCUT2D eigenvalue weighted by Crippen LogP contribution is -2.24. The molecule has 1 rings (SSSR count). The Kier molecular flexibility index (Phi) is 13.6. The molecule has 3 nitrogen and oxygen atoms in total. The summed E-state index contributed by atoms with van der Waals surface area (Å²) in [6.45, 7) is 13.5. The van der Waals surface area contributed by atoms with Crippen molar-refractivity contribution in [3.8, 4) is 0 Å². The SMILES string of the molecule is CC.CC(C)(C)OC=O.CCCCC1CCCN1C. The molecule has 0 aromatic carbocycles. The number of hydrogen-bond donors (Lipinski definition) is 0. The van der Waals surface area contributed by atoms with Crippen molar-refractivity contribution in [1.82, 2.24) is 4.90 Å². The molecule has 1 fully saturated rings. The Balaban J connectivity index is 0. The van der Waals surface area contributed by atoms with E-state index in [9.17, 15) is 4.79 Å². The van der Waals surface area contributed by atoms with Crippen LogP contribution in [-0.4, -0.2) is 36.6 Å². The number of hydrogen-bond acceptors (Lipinski definition) is 3. The third-order valence-electron chi connectivity index (χ3n) is 2.96. The van der Waals surface area contributed by atoms with Gasteiger partial charge in [-0.15, -0.1) is 0 Å². The zero-order valence-electron chi connectivity index (χ0n) is 14.2. The second-order valence-electron chi connectivity index (χ2n) is 5.75. The van der Waals surface area contributed by atoms with Crippen LogP contribution in [0.5, 0.6) is 0 Å². The number of ether oxygens (including phenoxy) is 1. The Morgan fingerprint density at radius 1 is 1.32 bits per heavy atom. The molecular weight excluding hydrogens is 238 g/mol. The van der Waals surface area contributed by atoms with E-state index in [1.807, 2.05) is 34.6 Å². The van der Waals surface area contributed by atoms with Crippen molar-refractivity contribution in [1.29, 1.82) is 0 Å². The van der Waals surface area contributed by atoms with Gasteiger partial charge < -0.3 is 9.64 Å². The summed E-state index contributed by atoms with van der Waals surface area (Å²) in [5.74, 6) is 0. The summed E-state index contributed by atoms with van der Waals surface area (Å²) in [7, 11) is 2.26. The summed E-state index contributed by atoms with van der Waals surface area (Å²) < 4.78 is 4.55. The van der Waals surface area contributed by atoms with E-state index in [-0.39, 0.29) is 5.60 Å². The van der Waals surface area contributed by atoms with Crippen molar-refractivity contribution >= 4 is 6.47 Å². The van der Waals surface area contributed by atoms with E-state index in [1.54, 1.807) is 0 Å². The fraction of sp³-hybridized carbons (Fsp3) is 0.938. The summed E-state index contributed by atoms with van der Waals surface area (Å²) in [5, 5.41) is 0. The molecule has 0 saturated carbocycles. The fourth-order valence-corrected chi connectivity index (χ4v) is 1.93. The van der Waals surface area contributed by atoms with Gasteiger partial charge in [-0.05, 0) is 53.6 Å². The zero-order chi connectivity index (χ0) is 15.3. The van der Waals surface area contributed by atoms with Crippen LogP contribution in [0.25, 0.3) is 0 Å². The highest BCUT2D eigenvalue weighted by Gasteiger charge is 2.19. The van der Waals surface area contributed by atoms with E-state index >= 15 is 0 Å². The van der Waals surface area contributed by atoms with E-state index in [2.05, 4.69) is 23.6 Å². The first-order valence-electron chi connectivity index (χ1n) is 7.72. The van der Waals surface area contributed by atoms with Crippen molar-refractivity contribution in [2.24, 2.45) is 0 Å². The molecule has 1 aliphatic rings. The van der Waals surface area contributed by atoms with Crippen molar-refractivity contribution in [2.75, 3.05) is 13.6 Å². The molecule has 0 aromatic heterocycles. The standard InChI is InChI=1S/C9H19N.C5H10O2.C2H6/c1-3-4-6-9-7-5-8-10(9)2;1-5(2,3)7-4-6;1-2/h9H,3-8H2,1-2H3;4H,1-3H3;1-2H3. The monoisotopic (exact) mass is 273 g/mol. The lowest BCUT2D eigenvalue weighted by Gasteiger charge is -2.18. The largest absolute Gasteiger partial charge is 0.462 e. The Morgan fingerprint density at radius 3 is 2.16 bits per heavy atom. The first-order chi connectivity index (χ1) is 8.90. The molecule has 19 heavy (non-hydrogen) atoms. The maximum atomic E-state index is 9.60. The Morgan fingerprint density at radius 2 is 1.89 bits per heavy atom. The number of carbonyl (C=O) groups excluding carboxylic acids is 1. The Hall–Kier alpha value is -0.570. The molecule has 0 spiro atoms. The summed E-state index contributed by atoms with van der Waals surface area (Å²) in [5.41, 5.74) is -0.318. The molecule has 1 atom stereocenters. The van der Waals surface area contributed by atoms with Crippen LogP contribution in [0.3, 0.4) is 0 Å². The van der Waals surface area contributed by atoms with Crippen LogP contribution in [0, 0.1) is 0 Å². The van der Waals surface area contributed by atoms with E-state index < -0.39 is 0 Å². The van der Waals surface area contributed by atoms with Gasteiger partial charge in [0, 0.05) is 6.04 Å². The first kappa shape index (κ1) is 20.7. The summed E-state index contributed by atoms with van der Waals surface area (Å²) in [6.07, 6.45) is 7.05. The van der Waals surface area contributed by atoms with E-state index in [1.165, 1.54) is 38.6 Å². The highest BCUT2D eigenvalue weighted by molar-refractivity contribution is 5.37. The molecule has 0 amide bonds. The zero-order valence-corrected chi connectivity index (χ0v) is 14.2. The van der Waals surface area contributed by atoms with Gasteiger partial charge in [-0.3, -0.25) is 4.79 Å². The van der Waals surface area contributed by atoms with Crippen LogP contribution in [0.2, 0.25) is 0 Å². The predicted molar refractivity (Wildman–Crippen MR) is 83.4 cm³/mol. The van der Waals surface area contributed by atoms with Crippen molar-refractivity contribution < 1.29 is 9.53 Å². The van der Waals surface area contributed by atoms with Crippen LogP contribution >= 0.6 is 0 Å². The van der Waals surface area contributed by atoms with Gasteiger partial charge in [-0.2, -0.15) is 0 Å². The van der Waals surface area contributed by atoms with Gasteiger partial charge in [0.1, 0.15) is 5.60 Å². The first-order valence-corrected chi connectivity index (χ1v) is 7.72. The summed E-state index contributed by atoms with van der Waals surface area (Å²) in [4.78, 5) is 12.1. The minimum atomic E-state index is -0.318. The molecule has 116 valence electrons. The molecule has 0 radical (unpaired) electrons. The number of carbonyl (C=O) groups is 1. The summed E-state index contributed by atoms with van der Waals surface area (Å²) in [6, 6.07) is 0.917. The number of likely N-dealkylation sites (tertiary alicyclic amines) is 1. The minimum Gasteiger partial charge on any atom is -0.462 e. The molecule has 1 unspecified atom stereocenters. The van der Waals surface area contributed by atoms with Crippen LogP contribution in [-0.2, 0) is 9.53 Å². The van der Waals surface area contributed by atoms with Gasteiger partial charge in [-0.1, -0.05) is 33.6 Å². The van der Waals surface area contributed by atoms with E-state index in [0.29, 0.717) is 6.47 Å². The normalized spacial score (nSPS) is 18.8. The van der Waals surface area contributed by atoms with Gasteiger partial charge in [0.2, 0.25) is 0 Å². The van der Waals surface area contributed by atoms with Gasteiger partial charge in [0.25, 0.3) is 6.47 Å². The molecule has 1 aliphatic heterocycles. The van der Waals surface area contributed by atoms with Crippen LogP contribution < -0.4 is 0 Å². The van der Waals surface area contributed by atoms with Gasteiger partial charge in [0.15, 0.2) is 0 Å². The van der Waals surface area contributed by atoms with Gasteiger partial charge in [-0.25, -0.2) is 0 Å². The maximum Gasteiger partial charge on any atom is 0.293 e. The Bertz CT molecular complexity index is 199. The highest BCUT2D eigenvalue weighted by Crippen LogP contribution is 2.19. The molecule has 0 aromatic rings. The fourth-order valence-electron chi connectivity index (χ4n) is 1.93. The molecule has 0 N–H and O–H groups in total. The average Bonchev–Trinajstić information content (AvgIpc) is 2.74. The Labute approximate surface area is 120 Å². The third-order valence-corrected chi connectivity index (χ3v) is 2.96. The average molecular weight is 273 g/mol. The number of rotatable bonds is 4. The number of nitrogens with zero attached hydrogens (tertiary/aromatic N) is 1. The second kappa shape index (κ2) is 12.5. The van der Waals surface area contributed by atoms with E-state index in [0.717, 1.165) is 6.04 Å². The predicted octanol–water partition coefficient (Wildman–Crippen LogP) is 4.25. The van der Waals surface area contributed by atoms with Gasteiger partial charge in [0.05, 0.1) is 0 Å². The molecule has 3 heteroatoms. The van der Waals surface area contributed by atoms with Crippen molar-refractivity contribution in [3.05, 3.63) is 0 Å². The quantitative estimate of drug-likeness (QED) is 0.717. The maximum absolute atomic E-state index is 9.60. The molecule has 0 aliphatic carbocycles. The smallest absolute Gasteiger partial charge is 0.293 e. The lowest BCUT2D eigenvalue weighted by molar-refractivity contribution is -0.138. The molecule has 0 bridgehead atoms. The lowest BCUT2D eigenvalue weighted by atomic mass is 10.1. The van der Waals surface area contributed by atoms with Crippen molar-refractivity contribution in [3.63, 3.8) is 0 Å².